The molecule has 1 amide bonds. The molecule has 0 radical (unpaired) electrons. The van der Waals surface area contributed by atoms with Crippen molar-refractivity contribution in [3.05, 3.63) is 36.2 Å². The third kappa shape index (κ3) is 2.72. The number of carbonyl (C=O) groups is 1. The summed E-state index contributed by atoms with van der Waals surface area (Å²) in [4.78, 5) is 20.8. The largest absolute Gasteiger partial charge is 0.376 e. The lowest BCUT2D eigenvalue weighted by atomic mass is 9.83. The van der Waals surface area contributed by atoms with Crippen LogP contribution in [0.25, 0.3) is 11.0 Å². The molecule has 21 heavy (non-hydrogen) atoms. The molecule has 1 fully saturated rings. The first-order valence-electron chi connectivity index (χ1n) is 7.09. The van der Waals surface area contributed by atoms with Crippen LogP contribution in [-0.2, 0) is 4.74 Å². The molecule has 3 rings (SSSR count). The average molecular weight is 286 g/mol. The maximum Gasteiger partial charge on any atom is 0.271 e. The number of benzene rings is 1. The molecule has 3 unspecified atom stereocenters. The van der Waals surface area contributed by atoms with E-state index in [9.17, 15) is 4.79 Å². The lowest BCUT2D eigenvalue weighted by Gasteiger charge is -2.42. The second-order valence-electron chi connectivity index (χ2n) is 5.14. The van der Waals surface area contributed by atoms with Crippen LogP contribution in [0.3, 0.4) is 0 Å². The number of ether oxygens (including phenoxy) is 1. The Morgan fingerprint density at radius 2 is 2.19 bits per heavy atom. The SMILES string of the molecule is CCOC1CC(N)C1NC(=O)c1cnc2ccccc2n1. The highest BCUT2D eigenvalue weighted by molar-refractivity contribution is 5.94. The van der Waals surface area contributed by atoms with E-state index in [0.717, 1.165) is 11.9 Å². The van der Waals surface area contributed by atoms with E-state index in [-0.39, 0.29) is 24.1 Å². The predicted molar refractivity (Wildman–Crippen MR) is 78.8 cm³/mol. The summed E-state index contributed by atoms with van der Waals surface area (Å²) >= 11 is 0. The number of nitrogens with two attached hydrogens (primary N) is 1. The highest BCUT2D eigenvalue weighted by Crippen LogP contribution is 2.22. The molecule has 0 saturated heterocycles. The van der Waals surface area contributed by atoms with Crippen LogP contribution in [0.4, 0.5) is 0 Å². The van der Waals surface area contributed by atoms with Gasteiger partial charge in [-0.15, -0.1) is 0 Å². The number of hydrogen-bond acceptors (Lipinski definition) is 5. The van der Waals surface area contributed by atoms with Crippen LogP contribution in [0.1, 0.15) is 23.8 Å². The zero-order chi connectivity index (χ0) is 14.8. The fraction of sp³-hybridized carbons (Fsp3) is 0.400. The van der Waals surface area contributed by atoms with Crippen LogP contribution in [0.5, 0.6) is 0 Å². The summed E-state index contributed by atoms with van der Waals surface area (Å²) in [6, 6.07) is 7.21. The van der Waals surface area contributed by atoms with Gasteiger partial charge in [-0.05, 0) is 25.5 Å². The highest BCUT2D eigenvalue weighted by Gasteiger charge is 2.40. The van der Waals surface area contributed by atoms with Crippen molar-refractivity contribution in [1.82, 2.24) is 15.3 Å². The Hall–Kier alpha value is -2.05. The van der Waals surface area contributed by atoms with E-state index in [0.29, 0.717) is 17.8 Å². The van der Waals surface area contributed by atoms with Crippen molar-refractivity contribution in [1.29, 1.82) is 0 Å². The molecule has 1 aliphatic rings. The van der Waals surface area contributed by atoms with Gasteiger partial charge in [0.2, 0.25) is 0 Å². The minimum Gasteiger partial charge on any atom is -0.376 e. The fourth-order valence-electron chi connectivity index (χ4n) is 2.52. The van der Waals surface area contributed by atoms with Crippen molar-refractivity contribution in [2.24, 2.45) is 5.73 Å². The van der Waals surface area contributed by atoms with Gasteiger partial charge in [0.25, 0.3) is 5.91 Å². The molecule has 6 heteroatoms. The van der Waals surface area contributed by atoms with E-state index < -0.39 is 0 Å². The van der Waals surface area contributed by atoms with Gasteiger partial charge >= 0.3 is 0 Å². The summed E-state index contributed by atoms with van der Waals surface area (Å²) in [6.45, 7) is 2.54. The second kappa shape index (κ2) is 5.75. The van der Waals surface area contributed by atoms with Crippen LogP contribution < -0.4 is 11.1 Å². The Morgan fingerprint density at radius 3 is 2.90 bits per heavy atom. The Kier molecular flexibility index (Phi) is 3.81. The highest BCUT2D eigenvalue weighted by atomic mass is 16.5. The summed E-state index contributed by atoms with van der Waals surface area (Å²) in [6.07, 6.45) is 2.24. The van der Waals surface area contributed by atoms with E-state index in [4.69, 9.17) is 10.5 Å². The Labute approximate surface area is 122 Å². The van der Waals surface area contributed by atoms with E-state index in [1.807, 2.05) is 31.2 Å². The first-order chi connectivity index (χ1) is 10.2. The quantitative estimate of drug-likeness (QED) is 0.870. The molecule has 1 aromatic carbocycles. The molecule has 1 heterocycles. The Bertz CT molecular complexity index is 659. The minimum absolute atomic E-state index is 0.0117. The predicted octanol–water partition coefficient (Wildman–Crippen LogP) is 0.864. The third-order valence-electron chi connectivity index (χ3n) is 3.73. The van der Waals surface area contributed by atoms with Gasteiger partial charge in [-0.3, -0.25) is 9.78 Å². The molecule has 1 aliphatic carbocycles. The standard InChI is InChI=1S/C15H18N4O2/c1-2-21-13-7-9(16)14(13)19-15(20)12-8-17-10-5-3-4-6-11(10)18-12/h3-6,8-9,13-14H,2,7,16H2,1H3,(H,19,20). The van der Waals surface area contributed by atoms with Crippen molar-refractivity contribution in [3.63, 3.8) is 0 Å². The van der Waals surface area contributed by atoms with Gasteiger partial charge in [-0.2, -0.15) is 0 Å². The molecule has 3 N–H and O–H groups in total. The summed E-state index contributed by atoms with van der Waals surface area (Å²) in [5.74, 6) is -0.266. The smallest absolute Gasteiger partial charge is 0.271 e. The molecule has 0 spiro atoms. The molecule has 0 aliphatic heterocycles. The van der Waals surface area contributed by atoms with Crippen LogP contribution >= 0.6 is 0 Å². The third-order valence-corrected chi connectivity index (χ3v) is 3.73. The second-order valence-corrected chi connectivity index (χ2v) is 5.14. The first kappa shape index (κ1) is 13.9. The van der Waals surface area contributed by atoms with Crippen molar-refractivity contribution < 1.29 is 9.53 Å². The Balaban J connectivity index is 1.74. The van der Waals surface area contributed by atoms with Crippen molar-refractivity contribution in [2.45, 2.75) is 31.5 Å². The van der Waals surface area contributed by atoms with E-state index >= 15 is 0 Å². The first-order valence-corrected chi connectivity index (χ1v) is 7.09. The number of rotatable bonds is 4. The monoisotopic (exact) mass is 286 g/mol. The molecule has 0 bridgehead atoms. The lowest BCUT2D eigenvalue weighted by Crippen LogP contribution is -2.64. The van der Waals surface area contributed by atoms with Gasteiger partial charge in [-0.25, -0.2) is 4.98 Å². The maximum atomic E-state index is 12.3. The summed E-state index contributed by atoms with van der Waals surface area (Å²) in [5, 5.41) is 2.89. The summed E-state index contributed by atoms with van der Waals surface area (Å²) in [5.41, 5.74) is 7.69. The number of nitrogens with zero attached hydrogens (tertiary/aromatic N) is 2. The number of nitrogens with one attached hydrogen (secondary N) is 1. The zero-order valence-electron chi connectivity index (χ0n) is 11.8. The van der Waals surface area contributed by atoms with E-state index in [1.54, 1.807) is 0 Å². The minimum atomic E-state index is -0.266. The molecule has 2 aromatic rings. The number of para-hydroxylation sites is 2. The number of carbonyl (C=O) groups excluding carboxylic acids is 1. The fourth-order valence-corrected chi connectivity index (χ4v) is 2.52. The van der Waals surface area contributed by atoms with Gasteiger partial charge in [0.15, 0.2) is 0 Å². The summed E-state index contributed by atoms with van der Waals surface area (Å²) < 4.78 is 5.54. The van der Waals surface area contributed by atoms with Gasteiger partial charge in [0.05, 0.1) is 29.4 Å². The van der Waals surface area contributed by atoms with Gasteiger partial charge < -0.3 is 15.8 Å². The molecule has 1 saturated carbocycles. The van der Waals surface area contributed by atoms with Crippen molar-refractivity contribution in [3.8, 4) is 0 Å². The molecule has 110 valence electrons. The molecule has 6 nitrogen and oxygen atoms in total. The summed E-state index contributed by atoms with van der Waals surface area (Å²) in [7, 11) is 0. The lowest BCUT2D eigenvalue weighted by molar-refractivity contribution is -0.0300. The molecular formula is C15H18N4O2. The van der Waals surface area contributed by atoms with Gasteiger partial charge in [0, 0.05) is 12.6 Å². The van der Waals surface area contributed by atoms with Crippen LogP contribution in [0.15, 0.2) is 30.5 Å². The molecular weight excluding hydrogens is 268 g/mol. The van der Waals surface area contributed by atoms with Crippen LogP contribution in [-0.4, -0.2) is 40.7 Å². The molecule has 1 aromatic heterocycles. The van der Waals surface area contributed by atoms with Gasteiger partial charge in [-0.1, -0.05) is 12.1 Å². The normalized spacial score (nSPS) is 24.6. The zero-order valence-corrected chi connectivity index (χ0v) is 11.8. The Morgan fingerprint density at radius 1 is 1.43 bits per heavy atom. The van der Waals surface area contributed by atoms with Gasteiger partial charge in [0.1, 0.15) is 5.69 Å². The number of aromatic nitrogens is 2. The van der Waals surface area contributed by atoms with E-state index in [1.165, 1.54) is 6.20 Å². The number of amides is 1. The van der Waals surface area contributed by atoms with Crippen LogP contribution in [0, 0.1) is 0 Å². The van der Waals surface area contributed by atoms with Crippen molar-refractivity contribution >= 4 is 16.9 Å². The number of fused-ring (bicyclic) bond motifs is 1. The van der Waals surface area contributed by atoms with E-state index in [2.05, 4.69) is 15.3 Å². The molecule has 3 atom stereocenters. The average Bonchev–Trinajstić information content (AvgIpc) is 2.51. The maximum absolute atomic E-state index is 12.3. The number of hydrogen-bond donors (Lipinski definition) is 2. The topological polar surface area (TPSA) is 90.1 Å². The van der Waals surface area contributed by atoms with Crippen molar-refractivity contribution in [2.75, 3.05) is 6.61 Å². The van der Waals surface area contributed by atoms with Crippen LogP contribution in [0.2, 0.25) is 0 Å².